The van der Waals surface area contributed by atoms with Crippen LogP contribution in [0.15, 0.2) is 18.2 Å². The van der Waals surface area contributed by atoms with Crippen molar-refractivity contribution in [2.75, 3.05) is 24.2 Å². The Morgan fingerprint density at radius 1 is 1.59 bits per heavy atom. The molecule has 1 fully saturated rings. The van der Waals surface area contributed by atoms with E-state index in [1.807, 2.05) is 0 Å². The fourth-order valence-corrected chi connectivity index (χ4v) is 2.04. The van der Waals surface area contributed by atoms with Crippen molar-refractivity contribution < 1.29 is 4.74 Å². The number of ether oxygens (including phenoxy) is 1. The van der Waals surface area contributed by atoms with Crippen LogP contribution in [0, 0.1) is 11.3 Å². The molecule has 1 aromatic carbocycles. The van der Waals surface area contributed by atoms with Gasteiger partial charge in [0.25, 0.3) is 0 Å². The van der Waals surface area contributed by atoms with Crippen LogP contribution in [0.25, 0.3) is 0 Å². The molecule has 0 aromatic heterocycles. The van der Waals surface area contributed by atoms with Crippen molar-refractivity contribution in [2.45, 2.75) is 25.4 Å². The maximum atomic E-state index is 8.84. The molecule has 0 aliphatic carbocycles. The van der Waals surface area contributed by atoms with Gasteiger partial charge in [0.05, 0.1) is 28.6 Å². The molecule has 0 amide bonds. The molecule has 17 heavy (non-hydrogen) atoms. The topological polar surface area (TPSA) is 71.1 Å². The summed E-state index contributed by atoms with van der Waals surface area (Å²) in [5.41, 5.74) is 7.82. The maximum Gasteiger partial charge on any atom is 0.0992 e. The van der Waals surface area contributed by atoms with Gasteiger partial charge in [-0.2, -0.15) is 5.26 Å². The summed E-state index contributed by atoms with van der Waals surface area (Å²) in [5.74, 6) is 0. The largest absolute Gasteiger partial charge is 0.397 e. The van der Waals surface area contributed by atoms with Crippen LogP contribution < -0.4 is 11.1 Å². The van der Waals surface area contributed by atoms with E-state index in [1.54, 1.807) is 18.2 Å². The van der Waals surface area contributed by atoms with Crippen LogP contribution in [0.3, 0.4) is 0 Å². The Hall–Kier alpha value is -1.73. The van der Waals surface area contributed by atoms with Gasteiger partial charge in [0, 0.05) is 13.2 Å². The minimum absolute atomic E-state index is 0.116. The zero-order valence-corrected chi connectivity index (χ0v) is 9.99. The van der Waals surface area contributed by atoms with Crippen LogP contribution in [0.5, 0.6) is 0 Å². The van der Waals surface area contributed by atoms with Crippen LogP contribution in [0.2, 0.25) is 0 Å². The van der Waals surface area contributed by atoms with Crippen LogP contribution in [-0.2, 0) is 4.74 Å². The second-order valence-electron chi connectivity index (χ2n) is 4.67. The van der Waals surface area contributed by atoms with E-state index >= 15 is 0 Å². The Balaban J connectivity index is 2.06. The molecule has 0 saturated carbocycles. The number of rotatable bonds is 3. The molecule has 1 unspecified atom stereocenters. The highest BCUT2D eigenvalue weighted by Crippen LogP contribution is 2.27. The van der Waals surface area contributed by atoms with Gasteiger partial charge >= 0.3 is 0 Å². The summed E-state index contributed by atoms with van der Waals surface area (Å²) in [6, 6.07) is 7.34. The number of benzene rings is 1. The Kier molecular flexibility index (Phi) is 3.21. The SMILES string of the molecule is CC1(CNc2cc(C#N)ccc2N)CCCO1. The second-order valence-corrected chi connectivity index (χ2v) is 4.67. The Labute approximate surface area is 101 Å². The molecule has 1 aliphatic heterocycles. The zero-order valence-electron chi connectivity index (χ0n) is 9.99. The number of anilines is 2. The zero-order chi connectivity index (χ0) is 12.3. The quantitative estimate of drug-likeness (QED) is 0.782. The standard InChI is InChI=1S/C13H17N3O/c1-13(5-2-6-17-13)9-16-12-7-10(8-14)3-4-11(12)15/h3-4,7,16H,2,5-6,9,15H2,1H3. The van der Waals surface area contributed by atoms with Gasteiger partial charge in [-0.15, -0.1) is 0 Å². The molecule has 0 radical (unpaired) electrons. The molecule has 3 N–H and O–H groups in total. The average molecular weight is 231 g/mol. The molecule has 1 heterocycles. The van der Waals surface area contributed by atoms with Gasteiger partial charge in [0.15, 0.2) is 0 Å². The van der Waals surface area contributed by atoms with Gasteiger partial charge in [-0.05, 0) is 38.0 Å². The first-order valence-electron chi connectivity index (χ1n) is 5.80. The predicted molar refractivity (Wildman–Crippen MR) is 67.7 cm³/mol. The Morgan fingerprint density at radius 2 is 2.41 bits per heavy atom. The fraction of sp³-hybridized carbons (Fsp3) is 0.462. The molecule has 1 aliphatic rings. The average Bonchev–Trinajstić information content (AvgIpc) is 2.76. The third kappa shape index (κ3) is 2.69. The van der Waals surface area contributed by atoms with Crippen molar-refractivity contribution in [1.82, 2.24) is 0 Å². The number of hydrogen-bond acceptors (Lipinski definition) is 4. The van der Waals surface area contributed by atoms with Crippen LogP contribution in [0.1, 0.15) is 25.3 Å². The molecule has 4 nitrogen and oxygen atoms in total. The normalized spacial score (nSPS) is 23.3. The minimum Gasteiger partial charge on any atom is -0.397 e. The summed E-state index contributed by atoms with van der Waals surface area (Å²) in [5, 5.41) is 12.1. The summed E-state index contributed by atoms with van der Waals surface area (Å²) in [7, 11) is 0. The highest BCUT2D eigenvalue weighted by molar-refractivity contribution is 5.68. The molecule has 2 rings (SSSR count). The number of nitriles is 1. The Morgan fingerprint density at radius 3 is 3.06 bits per heavy atom. The van der Waals surface area contributed by atoms with Crippen LogP contribution >= 0.6 is 0 Å². The fourth-order valence-electron chi connectivity index (χ4n) is 2.04. The number of nitrogens with one attached hydrogen (secondary N) is 1. The summed E-state index contributed by atoms with van der Waals surface area (Å²) < 4.78 is 5.69. The van der Waals surface area contributed by atoms with Gasteiger partial charge in [0.1, 0.15) is 0 Å². The van der Waals surface area contributed by atoms with E-state index in [0.29, 0.717) is 17.8 Å². The highest BCUT2D eigenvalue weighted by Gasteiger charge is 2.29. The lowest BCUT2D eigenvalue weighted by molar-refractivity contribution is 0.0315. The molecule has 90 valence electrons. The first-order chi connectivity index (χ1) is 8.13. The molecular formula is C13H17N3O. The number of nitrogens with zero attached hydrogens (tertiary/aromatic N) is 1. The van der Waals surface area contributed by atoms with Crippen LogP contribution in [-0.4, -0.2) is 18.8 Å². The lowest BCUT2D eigenvalue weighted by Crippen LogP contribution is -2.32. The lowest BCUT2D eigenvalue weighted by atomic mass is 10.0. The van der Waals surface area contributed by atoms with Crippen LogP contribution in [0.4, 0.5) is 11.4 Å². The minimum atomic E-state index is -0.116. The van der Waals surface area contributed by atoms with E-state index in [4.69, 9.17) is 15.7 Å². The third-order valence-corrected chi connectivity index (χ3v) is 3.14. The van der Waals surface area contributed by atoms with E-state index in [-0.39, 0.29) is 5.60 Å². The van der Waals surface area contributed by atoms with Crippen molar-refractivity contribution in [1.29, 1.82) is 5.26 Å². The Bertz CT molecular complexity index is 444. The van der Waals surface area contributed by atoms with Gasteiger partial charge in [-0.25, -0.2) is 0 Å². The molecule has 0 spiro atoms. The summed E-state index contributed by atoms with van der Waals surface area (Å²) in [4.78, 5) is 0. The maximum absolute atomic E-state index is 8.84. The lowest BCUT2D eigenvalue weighted by Gasteiger charge is -2.24. The van der Waals surface area contributed by atoms with E-state index in [9.17, 15) is 0 Å². The van der Waals surface area contributed by atoms with Crippen molar-refractivity contribution in [3.63, 3.8) is 0 Å². The second kappa shape index (κ2) is 4.64. The molecule has 1 atom stereocenters. The first kappa shape index (κ1) is 11.7. The summed E-state index contributed by atoms with van der Waals surface area (Å²) in [6.45, 7) is 3.63. The number of hydrogen-bond donors (Lipinski definition) is 2. The number of nitrogen functional groups attached to an aromatic ring is 1. The first-order valence-corrected chi connectivity index (χ1v) is 5.80. The smallest absolute Gasteiger partial charge is 0.0992 e. The number of nitrogens with two attached hydrogens (primary N) is 1. The van der Waals surface area contributed by atoms with Crippen molar-refractivity contribution in [3.8, 4) is 6.07 Å². The highest BCUT2D eigenvalue weighted by atomic mass is 16.5. The molecule has 1 saturated heterocycles. The van der Waals surface area contributed by atoms with E-state index in [2.05, 4.69) is 18.3 Å². The molecule has 0 bridgehead atoms. The van der Waals surface area contributed by atoms with Crippen molar-refractivity contribution >= 4 is 11.4 Å². The summed E-state index contributed by atoms with van der Waals surface area (Å²) >= 11 is 0. The molecular weight excluding hydrogens is 214 g/mol. The van der Waals surface area contributed by atoms with E-state index < -0.39 is 0 Å². The van der Waals surface area contributed by atoms with Gasteiger partial charge < -0.3 is 15.8 Å². The summed E-state index contributed by atoms with van der Waals surface area (Å²) in [6.07, 6.45) is 2.16. The molecule has 4 heteroatoms. The van der Waals surface area contributed by atoms with Gasteiger partial charge in [0.2, 0.25) is 0 Å². The monoisotopic (exact) mass is 231 g/mol. The third-order valence-electron chi connectivity index (χ3n) is 3.14. The van der Waals surface area contributed by atoms with Crippen molar-refractivity contribution in [3.05, 3.63) is 23.8 Å². The van der Waals surface area contributed by atoms with Gasteiger partial charge in [-0.1, -0.05) is 0 Å². The van der Waals surface area contributed by atoms with Gasteiger partial charge in [-0.3, -0.25) is 0 Å². The molecule has 1 aromatic rings. The van der Waals surface area contributed by atoms with E-state index in [0.717, 1.165) is 25.1 Å². The van der Waals surface area contributed by atoms with E-state index in [1.165, 1.54) is 0 Å². The van der Waals surface area contributed by atoms with Crippen molar-refractivity contribution in [2.24, 2.45) is 0 Å². The predicted octanol–water partition coefficient (Wildman–Crippen LogP) is 2.12.